The zero-order chi connectivity index (χ0) is 23.2. The van der Waals surface area contributed by atoms with Gasteiger partial charge < -0.3 is 14.8 Å². The molecule has 1 unspecified atom stereocenters. The maximum atomic E-state index is 13.4. The van der Waals surface area contributed by atoms with Gasteiger partial charge in [0.1, 0.15) is 5.82 Å². The fraction of sp³-hybridized carbons (Fsp3) is 0.217. The number of carbonyl (C=O) groups is 2. The first kappa shape index (κ1) is 20.1. The van der Waals surface area contributed by atoms with Crippen molar-refractivity contribution in [2.45, 2.75) is 26.1 Å². The van der Waals surface area contributed by atoms with E-state index >= 15 is 0 Å². The second kappa shape index (κ2) is 7.80. The number of hydrogen-bond acceptors (Lipinski definition) is 6. The molecule has 0 fully saturated rings. The summed E-state index contributed by atoms with van der Waals surface area (Å²) < 4.78 is 3.64. The molecule has 2 amide bonds. The number of aromatic nitrogens is 7. The van der Waals surface area contributed by atoms with E-state index in [1.807, 2.05) is 29.8 Å². The Morgan fingerprint density at radius 1 is 1.12 bits per heavy atom. The third-order valence-corrected chi connectivity index (χ3v) is 6.12. The first-order chi connectivity index (χ1) is 16.5. The topological polar surface area (TPSA) is 126 Å². The smallest absolute Gasteiger partial charge is 0.255 e. The van der Waals surface area contributed by atoms with Crippen LogP contribution in [-0.4, -0.2) is 63.6 Å². The molecule has 2 N–H and O–H groups in total. The molecule has 0 saturated carbocycles. The number of H-pyrrole nitrogens is 1. The maximum absolute atomic E-state index is 13.4. The molecule has 0 radical (unpaired) electrons. The van der Waals surface area contributed by atoms with E-state index in [2.05, 4.69) is 30.6 Å². The van der Waals surface area contributed by atoms with Crippen molar-refractivity contribution in [1.29, 1.82) is 0 Å². The minimum atomic E-state index is -0.318. The molecular weight excluding hydrogens is 434 g/mol. The molecule has 34 heavy (non-hydrogen) atoms. The second-order valence-corrected chi connectivity index (χ2v) is 8.41. The number of aromatic amines is 1. The molecule has 5 aromatic heterocycles. The summed E-state index contributed by atoms with van der Waals surface area (Å²) in [6, 6.07) is 6.98. The van der Waals surface area contributed by atoms with Gasteiger partial charge in [0.15, 0.2) is 5.65 Å². The zero-order valence-electron chi connectivity index (χ0n) is 18.3. The number of rotatable bonds is 3. The van der Waals surface area contributed by atoms with Crippen molar-refractivity contribution in [3.63, 3.8) is 0 Å². The molecule has 1 aliphatic rings. The van der Waals surface area contributed by atoms with Crippen LogP contribution in [0, 0.1) is 6.92 Å². The highest BCUT2D eigenvalue weighted by atomic mass is 16.2. The molecule has 1 aliphatic heterocycles. The van der Waals surface area contributed by atoms with E-state index in [1.54, 1.807) is 40.1 Å². The van der Waals surface area contributed by atoms with Crippen LogP contribution in [0.2, 0.25) is 0 Å². The summed E-state index contributed by atoms with van der Waals surface area (Å²) in [6.45, 7) is 3.07. The maximum Gasteiger partial charge on any atom is 0.255 e. The number of pyridine rings is 2. The van der Waals surface area contributed by atoms with Crippen molar-refractivity contribution < 1.29 is 9.59 Å². The monoisotopic (exact) mass is 455 g/mol. The Bertz CT molecular complexity index is 1550. The lowest BCUT2D eigenvalue weighted by Gasteiger charge is -2.25. The Morgan fingerprint density at radius 2 is 2.03 bits per heavy atom. The van der Waals surface area contributed by atoms with Gasteiger partial charge in [0.25, 0.3) is 11.8 Å². The molecule has 0 aromatic carbocycles. The number of fused-ring (bicyclic) bond motifs is 3. The summed E-state index contributed by atoms with van der Waals surface area (Å²) in [5.41, 5.74) is 3.28. The van der Waals surface area contributed by atoms with Crippen LogP contribution in [0.1, 0.15) is 32.2 Å². The largest absolute Gasteiger partial charge is 0.346 e. The first-order valence-corrected chi connectivity index (χ1v) is 10.9. The predicted octanol–water partition coefficient (Wildman–Crippen LogP) is 1.57. The lowest BCUT2D eigenvalue weighted by molar-refractivity contribution is 0.0716. The molecule has 11 nitrogen and oxygen atoms in total. The molecule has 6 heterocycles. The van der Waals surface area contributed by atoms with Gasteiger partial charge in [0, 0.05) is 55.2 Å². The number of amides is 2. The van der Waals surface area contributed by atoms with Gasteiger partial charge in [-0.1, -0.05) is 0 Å². The SMILES string of the molecule is Cc1[nH]nc2ncc(C(=O)NC3CN(C(=O)c4ccc5ccnn5c4)Cc4nccn4C3)cc12. The zero-order valence-corrected chi connectivity index (χ0v) is 18.3. The van der Waals surface area contributed by atoms with Crippen LogP contribution in [0.15, 0.2) is 55.2 Å². The summed E-state index contributed by atoms with van der Waals surface area (Å²) in [4.78, 5) is 36.9. The third-order valence-electron chi connectivity index (χ3n) is 6.12. The van der Waals surface area contributed by atoms with Crippen molar-refractivity contribution in [2.24, 2.45) is 0 Å². The fourth-order valence-corrected chi connectivity index (χ4v) is 4.34. The van der Waals surface area contributed by atoms with Gasteiger partial charge in [-0.05, 0) is 31.2 Å². The molecule has 6 rings (SSSR count). The average molecular weight is 455 g/mol. The van der Waals surface area contributed by atoms with Gasteiger partial charge in [-0.3, -0.25) is 14.7 Å². The summed E-state index contributed by atoms with van der Waals surface area (Å²) >= 11 is 0. The number of carbonyl (C=O) groups excluding carboxylic acids is 2. The first-order valence-electron chi connectivity index (χ1n) is 10.9. The Kier molecular flexibility index (Phi) is 4.61. The molecule has 0 saturated heterocycles. The van der Waals surface area contributed by atoms with Crippen LogP contribution in [0.3, 0.4) is 0 Å². The Hall–Kier alpha value is -4.54. The third kappa shape index (κ3) is 3.47. The molecule has 11 heteroatoms. The second-order valence-electron chi connectivity index (χ2n) is 8.41. The van der Waals surface area contributed by atoms with Crippen LogP contribution in [-0.2, 0) is 13.1 Å². The number of aryl methyl sites for hydroxylation is 1. The molecule has 0 aliphatic carbocycles. The van der Waals surface area contributed by atoms with Gasteiger partial charge in [-0.15, -0.1) is 0 Å². The van der Waals surface area contributed by atoms with Crippen molar-refractivity contribution >= 4 is 28.4 Å². The number of nitrogens with zero attached hydrogens (tertiary/aromatic N) is 7. The molecule has 0 bridgehead atoms. The minimum Gasteiger partial charge on any atom is -0.346 e. The van der Waals surface area contributed by atoms with Crippen LogP contribution < -0.4 is 5.32 Å². The highest BCUT2D eigenvalue weighted by Crippen LogP contribution is 2.18. The summed E-state index contributed by atoms with van der Waals surface area (Å²) in [5, 5.41) is 15.1. The van der Waals surface area contributed by atoms with Crippen LogP contribution in [0.5, 0.6) is 0 Å². The molecular formula is C23H21N9O2. The fourth-order valence-electron chi connectivity index (χ4n) is 4.34. The van der Waals surface area contributed by atoms with Gasteiger partial charge in [-0.25, -0.2) is 14.5 Å². The quantitative estimate of drug-likeness (QED) is 0.425. The van der Waals surface area contributed by atoms with E-state index in [-0.39, 0.29) is 17.9 Å². The molecule has 1 atom stereocenters. The standard InChI is InChI=1S/C23H21N9O2/c1-14-19-8-16(9-25-21(19)29-28-14)22(33)27-17-11-30-7-6-24-20(30)13-31(12-17)23(34)15-2-3-18-4-5-26-32(18)10-15/h2-10,17H,11-13H2,1H3,(H,27,33)(H,25,28,29). The van der Waals surface area contributed by atoms with E-state index in [9.17, 15) is 9.59 Å². The normalized spacial score (nSPS) is 15.9. The Labute approximate surface area is 193 Å². The highest BCUT2D eigenvalue weighted by molar-refractivity contribution is 5.97. The van der Waals surface area contributed by atoms with Gasteiger partial charge in [-0.2, -0.15) is 10.2 Å². The van der Waals surface area contributed by atoms with E-state index in [1.165, 1.54) is 6.20 Å². The van der Waals surface area contributed by atoms with E-state index in [0.29, 0.717) is 36.4 Å². The minimum absolute atomic E-state index is 0.148. The molecule has 5 aromatic rings. The van der Waals surface area contributed by atoms with Crippen molar-refractivity contribution in [1.82, 2.24) is 44.6 Å². The van der Waals surface area contributed by atoms with Gasteiger partial charge >= 0.3 is 0 Å². The number of hydrogen-bond donors (Lipinski definition) is 2. The predicted molar refractivity (Wildman–Crippen MR) is 122 cm³/mol. The highest BCUT2D eigenvalue weighted by Gasteiger charge is 2.28. The summed E-state index contributed by atoms with van der Waals surface area (Å²) in [7, 11) is 0. The van der Waals surface area contributed by atoms with E-state index < -0.39 is 0 Å². The van der Waals surface area contributed by atoms with Crippen molar-refractivity contribution in [2.75, 3.05) is 6.54 Å². The van der Waals surface area contributed by atoms with E-state index in [4.69, 9.17) is 0 Å². The number of imidazole rings is 1. The molecule has 0 spiro atoms. The Balaban J connectivity index is 1.27. The van der Waals surface area contributed by atoms with Crippen LogP contribution in [0.4, 0.5) is 0 Å². The summed E-state index contributed by atoms with van der Waals surface area (Å²) in [6.07, 6.45) is 8.49. The lowest BCUT2D eigenvalue weighted by Crippen LogP contribution is -2.45. The van der Waals surface area contributed by atoms with Crippen LogP contribution >= 0.6 is 0 Å². The van der Waals surface area contributed by atoms with Crippen LogP contribution in [0.25, 0.3) is 16.6 Å². The van der Waals surface area contributed by atoms with Gasteiger partial charge in [0.2, 0.25) is 0 Å². The average Bonchev–Trinajstić information content (AvgIpc) is 3.56. The van der Waals surface area contributed by atoms with Crippen molar-refractivity contribution in [3.8, 4) is 0 Å². The van der Waals surface area contributed by atoms with Gasteiger partial charge in [0.05, 0.1) is 29.2 Å². The number of nitrogens with one attached hydrogen (secondary N) is 2. The molecule has 170 valence electrons. The van der Waals surface area contributed by atoms with Crippen molar-refractivity contribution in [3.05, 3.63) is 77.9 Å². The van der Waals surface area contributed by atoms with E-state index in [0.717, 1.165) is 22.4 Å². The Morgan fingerprint density at radius 3 is 2.94 bits per heavy atom. The summed E-state index contributed by atoms with van der Waals surface area (Å²) in [5.74, 6) is 0.363. The lowest BCUT2D eigenvalue weighted by atomic mass is 10.1.